The molecule has 0 aliphatic rings. The highest BCUT2D eigenvalue weighted by Crippen LogP contribution is 2.27. The van der Waals surface area contributed by atoms with Crippen LogP contribution in [0.2, 0.25) is 0 Å². The summed E-state index contributed by atoms with van der Waals surface area (Å²) in [5.41, 5.74) is 1.80. The minimum Gasteiger partial charge on any atom is -0.494 e. The number of ether oxygens (including phenoxy) is 1. The van der Waals surface area contributed by atoms with E-state index in [1.54, 1.807) is 12.1 Å². The third-order valence-corrected chi connectivity index (χ3v) is 3.96. The molecule has 8 heteroatoms. The third-order valence-electron chi connectivity index (χ3n) is 2.76. The average Bonchev–Trinajstić information content (AvgIpc) is 2.23. The molecule has 1 atom stereocenters. The maximum absolute atomic E-state index is 12.9. The molecular formula is C13H16F4O3S. The molecule has 0 bridgehead atoms. The van der Waals surface area contributed by atoms with Crippen LogP contribution < -0.4 is 4.74 Å². The Balaban J connectivity index is 2.66. The molecule has 3 nitrogen and oxygen atoms in total. The molecule has 120 valence electrons. The van der Waals surface area contributed by atoms with E-state index in [0.29, 0.717) is 5.75 Å². The van der Waals surface area contributed by atoms with Crippen molar-refractivity contribution in [3.05, 3.63) is 29.3 Å². The topological polar surface area (TPSA) is 43.4 Å². The van der Waals surface area contributed by atoms with Crippen molar-refractivity contribution in [2.45, 2.75) is 38.1 Å². The zero-order chi connectivity index (χ0) is 16.3. The second kappa shape index (κ2) is 6.64. The molecule has 0 saturated carbocycles. The van der Waals surface area contributed by atoms with Gasteiger partial charge < -0.3 is 4.74 Å². The van der Waals surface area contributed by atoms with Crippen LogP contribution in [0.25, 0.3) is 0 Å². The molecule has 0 saturated heterocycles. The van der Waals surface area contributed by atoms with Crippen molar-refractivity contribution in [3.8, 4) is 5.75 Å². The minimum absolute atomic E-state index is 0.313. The third kappa shape index (κ3) is 6.79. The number of benzene rings is 1. The highest BCUT2D eigenvalue weighted by molar-refractivity contribution is 7.87. The van der Waals surface area contributed by atoms with E-state index in [2.05, 4.69) is 0 Å². The summed E-state index contributed by atoms with van der Waals surface area (Å²) in [7, 11) is -5.27. The number of halogens is 4. The Morgan fingerprint density at radius 2 is 1.67 bits per heavy atom. The maximum atomic E-state index is 12.9. The van der Waals surface area contributed by atoms with Crippen LogP contribution in [0, 0.1) is 13.8 Å². The summed E-state index contributed by atoms with van der Waals surface area (Å²) in [6.07, 6.45) is -7.03. The molecule has 1 aromatic rings. The fourth-order valence-electron chi connectivity index (χ4n) is 1.92. The molecule has 0 radical (unpaired) electrons. The number of aryl methyl sites for hydroxylation is 2. The molecule has 0 spiro atoms. The Kier molecular flexibility index (Phi) is 5.61. The van der Waals surface area contributed by atoms with Gasteiger partial charge in [-0.3, -0.25) is 0 Å². The quantitative estimate of drug-likeness (QED) is 0.591. The van der Waals surface area contributed by atoms with E-state index < -0.39 is 34.5 Å². The van der Waals surface area contributed by atoms with Crippen LogP contribution in [0.5, 0.6) is 5.75 Å². The molecule has 0 fully saturated rings. The van der Waals surface area contributed by atoms with Crippen LogP contribution in [-0.2, 0) is 10.2 Å². The standard InChI is InChI=1S/C13H16F4O3S/c1-9-5-10(2)7-11(6-9)20-4-3-12(21(17,18)19)8-13(14,15)16/h5-7,12H,3-4,8H2,1-2H3. The monoisotopic (exact) mass is 328 g/mol. The summed E-state index contributed by atoms with van der Waals surface area (Å²) in [5, 5.41) is -2.14. The van der Waals surface area contributed by atoms with Gasteiger partial charge in [-0.05, 0) is 37.1 Å². The van der Waals surface area contributed by atoms with Crippen molar-refractivity contribution < 1.29 is 30.2 Å². The molecule has 0 amide bonds. The fraction of sp³-hybridized carbons (Fsp3) is 0.538. The van der Waals surface area contributed by atoms with Crippen molar-refractivity contribution in [1.82, 2.24) is 0 Å². The zero-order valence-corrected chi connectivity index (χ0v) is 12.4. The van der Waals surface area contributed by atoms with E-state index >= 15 is 0 Å². The van der Waals surface area contributed by atoms with Gasteiger partial charge in [0, 0.05) is 6.42 Å². The van der Waals surface area contributed by atoms with Crippen LogP contribution in [0.3, 0.4) is 0 Å². The van der Waals surface area contributed by atoms with Gasteiger partial charge in [0.15, 0.2) is 0 Å². The van der Waals surface area contributed by atoms with Crippen LogP contribution >= 0.6 is 0 Å². The van der Waals surface area contributed by atoms with Crippen LogP contribution in [0.15, 0.2) is 18.2 Å². The average molecular weight is 328 g/mol. The van der Waals surface area contributed by atoms with E-state index in [-0.39, 0.29) is 6.61 Å². The first-order chi connectivity index (χ1) is 9.47. The van der Waals surface area contributed by atoms with Crippen LogP contribution in [0.1, 0.15) is 24.0 Å². The second-order valence-corrected chi connectivity index (χ2v) is 6.50. The lowest BCUT2D eigenvalue weighted by atomic mass is 10.1. The lowest BCUT2D eigenvalue weighted by Crippen LogP contribution is -2.27. The lowest BCUT2D eigenvalue weighted by Gasteiger charge is -2.15. The first-order valence-electron chi connectivity index (χ1n) is 6.19. The number of hydrogen-bond donors (Lipinski definition) is 0. The van der Waals surface area contributed by atoms with E-state index in [1.165, 1.54) is 0 Å². The molecule has 1 aromatic carbocycles. The minimum atomic E-state index is -5.27. The molecule has 0 N–H and O–H groups in total. The van der Waals surface area contributed by atoms with Gasteiger partial charge in [0.25, 0.3) is 0 Å². The van der Waals surface area contributed by atoms with Crippen molar-refractivity contribution in [1.29, 1.82) is 0 Å². The molecule has 0 aliphatic carbocycles. The highest BCUT2D eigenvalue weighted by atomic mass is 32.3. The van der Waals surface area contributed by atoms with Crippen molar-refractivity contribution in [2.24, 2.45) is 0 Å². The second-order valence-electron chi connectivity index (χ2n) is 4.88. The Labute approximate surface area is 121 Å². The van der Waals surface area contributed by atoms with E-state index in [9.17, 15) is 25.5 Å². The van der Waals surface area contributed by atoms with Gasteiger partial charge in [-0.2, -0.15) is 21.6 Å². The molecule has 0 heterocycles. The van der Waals surface area contributed by atoms with Gasteiger partial charge in [-0.15, -0.1) is 3.89 Å². The normalized spacial score (nSPS) is 14.0. The molecule has 1 unspecified atom stereocenters. The molecule has 0 aromatic heterocycles. The predicted molar refractivity (Wildman–Crippen MR) is 70.5 cm³/mol. The molecule has 1 rings (SSSR count). The highest BCUT2D eigenvalue weighted by Gasteiger charge is 2.38. The number of alkyl halides is 3. The smallest absolute Gasteiger partial charge is 0.390 e. The number of hydrogen-bond acceptors (Lipinski definition) is 3. The van der Waals surface area contributed by atoms with Gasteiger partial charge in [0.2, 0.25) is 0 Å². The SMILES string of the molecule is Cc1cc(C)cc(OCCC(CC(F)(F)F)S(=O)(=O)F)c1. The van der Waals surface area contributed by atoms with Gasteiger partial charge in [-0.25, -0.2) is 0 Å². The lowest BCUT2D eigenvalue weighted by molar-refractivity contribution is -0.135. The first kappa shape index (κ1) is 17.7. The van der Waals surface area contributed by atoms with E-state index in [0.717, 1.165) is 11.1 Å². The van der Waals surface area contributed by atoms with Crippen LogP contribution in [0.4, 0.5) is 17.1 Å². The van der Waals surface area contributed by atoms with Crippen LogP contribution in [-0.4, -0.2) is 26.5 Å². The summed E-state index contributed by atoms with van der Waals surface area (Å²) in [6.45, 7) is 3.32. The predicted octanol–water partition coefficient (Wildman–Crippen LogP) is 3.69. The van der Waals surface area contributed by atoms with Gasteiger partial charge in [0.05, 0.1) is 13.0 Å². The zero-order valence-electron chi connectivity index (χ0n) is 11.6. The van der Waals surface area contributed by atoms with Crippen molar-refractivity contribution in [3.63, 3.8) is 0 Å². The summed E-state index contributed by atoms with van der Waals surface area (Å²) in [6, 6.07) is 5.21. The molecule has 21 heavy (non-hydrogen) atoms. The first-order valence-corrected chi connectivity index (χ1v) is 7.63. The van der Waals surface area contributed by atoms with Gasteiger partial charge in [-0.1, -0.05) is 6.07 Å². The largest absolute Gasteiger partial charge is 0.494 e. The summed E-state index contributed by atoms with van der Waals surface area (Å²) in [5.74, 6) is 0.412. The fourth-order valence-corrected chi connectivity index (χ4v) is 2.69. The Morgan fingerprint density at radius 3 is 2.10 bits per heavy atom. The van der Waals surface area contributed by atoms with E-state index in [1.807, 2.05) is 19.9 Å². The van der Waals surface area contributed by atoms with Crippen molar-refractivity contribution >= 4 is 10.2 Å². The van der Waals surface area contributed by atoms with Gasteiger partial charge in [0.1, 0.15) is 11.0 Å². The summed E-state index contributed by atoms with van der Waals surface area (Å²) in [4.78, 5) is 0. The molecular weight excluding hydrogens is 312 g/mol. The van der Waals surface area contributed by atoms with E-state index in [4.69, 9.17) is 4.74 Å². The van der Waals surface area contributed by atoms with Crippen molar-refractivity contribution in [2.75, 3.05) is 6.61 Å². The number of rotatable bonds is 6. The summed E-state index contributed by atoms with van der Waals surface area (Å²) < 4.78 is 76.2. The Morgan fingerprint density at radius 1 is 1.14 bits per heavy atom. The summed E-state index contributed by atoms with van der Waals surface area (Å²) >= 11 is 0. The maximum Gasteiger partial charge on any atom is 0.390 e. The van der Waals surface area contributed by atoms with Gasteiger partial charge >= 0.3 is 16.4 Å². The Bertz CT molecular complexity index is 561. The molecule has 0 aliphatic heterocycles. The Hall–Kier alpha value is -1.31.